The van der Waals surface area contributed by atoms with Gasteiger partial charge in [-0.2, -0.15) is 0 Å². The Kier molecular flexibility index (Phi) is 4.90. The molecule has 0 saturated heterocycles. The largest absolute Gasteiger partial charge is 0.493 e. The molecule has 0 aromatic heterocycles. The number of para-hydroxylation sites is 1. The van der Waals surface area contributed by atoms with Crippen LogP contribution in [0.1, 0.15) is 45.4 Å². The minimum atomic E-state index is 0.781. The standard InChI is InChI=1S/C16H24O/c1-2-6-14-9-11-15(12-10-14)13-17-16-7-4-3-5-8-16/h3-5,7-8,14-15H,2,6,9-13H2,1H3/t14-,15-. The molecule has 17 heavy (non-hydrogen) atoms. The summed E-state index contributed by atoms with van der Waals surface area (Å²) in [6.07, 6.45) is 8.31. The lowest BCUT2D eigenvalue weighted by Gasteiger charge is -2.28. The number of hydrogen-bond acceptors (Lipinski definition) is 1. The molecule has 94 valence electrons. The van der Waals surface area contributed by atoms with E-state index >= 15 is 0 Å². The molecule has 0 aliphatic heterocycles. The third-order valence-corrected chi connectivity index (χ3v) is 3.89. The number of hydrogen-bond donors (Lipinski definition) is 0. The molecule has 0 amide bonds. The Hall–Kier alpha value is -0.980. The molecule has 1 aromatic carbocycles. The van der Waals surface area contributed by atoms with Crippen LogP contribution in [-0.2, 0) is 0 Å². The molecular formula is C16H24O. The molecule has 0 heterocycles. The lowest BCUT2D eigenvalue weighted by molar-refractivity contribution is 0.178. The van der Waals surface area contributed by atoms with Gasteiger partial charge in [-0.25, -0.2) is 0 Å². The van der Waals surface area contributed by atoms with Crippen LogP contribution in [0.25, 0.3) is 0 Å². The average molecular weight is 232 g/mol. The maximum atomic E-state index is 5.84. The maximum absolute atomic E-state index is 5.84. The van der Waals surface area contributed by atoms with E-state index in [1.54, 1.807) is 0 Å². The Balaban J connectivity index is 1.68. The van der Waals surface area contributed by atoms with Crippen molar-refractivity contribution in [1.82, 2.24) is 0 Å². The van der Waals surface area contributed by atoms with Crippen molar-refractivity contribution in [2.24, 2.45) is 11.8 Å². The van der Waals surface area contributed by atoms with E-state index in [0.29, 0.717) is 0 Å². The smallest absolute Gasteiger partial charge is 0.119 e. The van der Waals surface area contributed by atoms with Gasteiger partial charge in [-0.1, -0.05) is 50.8 Å². The second kappa shape index (κ2) is 6.68. The van der Waals surface area contributed by atoms with E-state index in [1.165, 1.54) is 38.5 Å². The fraction of sp³-hybridized carbons (Fsp3) is 0.625. The van der Waals surface area contributed by atoms with Gasteiger partial charge in [0.1, 0.15) is 5.75 Å². The minimum Gasteiger partial charge on any atom is -0.493 e. The average Bonchev–Trinajstić information content (AvgIpc) is 2.40. The first-order valence-electron chi connectivity index (χ1n) is 7.06. The molecule has 1 aliphatic rings. The lowest BCUT2D eigenvalue weighted by Crippen LogP contribution is -2.20. The van der Waals surface area contributed by atoms with Crippen LogP contribution in [0.4, 0.5) is 0 Å². The monoisotopic (exact) mass is 232 g/mol. The highest BCUT2D eigenvalue weighted by molar-refractivity contribution is 5.20. The second-order valence-electron chi connectivity index (χ2n) is 5.30. The predicted octanol–water partition coefficient (Wildman–Crippen LogP) is 4.67. The van der Waals surface area contributed by atoms with Gasteiger partial charge in [-0.3, -0.25) is 0 Å². The summed E-state index contributed by atoms with van der Waals surface area (Å²) in [5.74, 6) is 2.79. The molecule has 0 atom stereocenters. The summed E-state index contributed by atoms with van der Waals surface area (Å²) in [6.45, 7) is 3.20. The van der Waals surface area contributed by atoms with Crippen LogP contribution < -0.4 is 4.74 Å². The predicted molar refractivity (Wildman–Crippen MR) is 72.3 cm³/mol. The van der Waals surface area contributed by atoms with Crippen LogP contribution in [0.3, 0.4) is 0 Å². The van der Waals surface area contributed by atoms with Gasteiger partial charge in [0.05, 0.1) is 6.61 Å². The van der Waals surface area contributed by atoms with E-state index in [0.717, 1.165) is 24.2 Å². The summed E-state index contributed by atoms with van der Waals surface area (Å²) in [4.78, 5) is 0. The molecule has 0 spiro atoms. The van der Waals surface area contributed by atoms with E-state index in [9.17, 15) is 0 Å². The SMILES string of the molecule is CCC[C@H]1CC[C@H](COc2ccccc2)CC1. The van der Waals surface area contributed by atoms with Crippen molar-refractivity contribution in [3.63, 3.8) is 0 Å². The van der Waals surface area contributed by atoms with Gasteiger partial charge in [0.25, 0.3) is 0 Å². The van der Waals surface area contributed by atoms with Crippen molar-refractivity contribution in [3.8, 4) is 5.75 Å². The first kappa shape index (κ1) is 12.5. The molecule has 1 fully saturated rings. The Bertz CT molecular complexity index is 299. The summed E-state index contributed by atoms with van der Waals surface area (Å²) >= 11 is 0. The fourth-order valence-electron chi connectivity index (χ4n) is 2.83. The highest BCUT2D eigenvalue weighted by atomic mass is 16.5. The van der Waals surface area contributed by atoms with E-state index in [1.807, 2.05) is 30.3 Å². The molecule has 2 rings (SSSR count). The molecule has 0 radical (unpaired) electrons. The van der Waals surface area contributed by atoms with Crippen molar-refractivity contribution in [1.29, 1.82) is 0 Å². The van der Waals surface area contributed by atoms with Gasteiger partial charge in [0, 0.05) is 0 Å². The third-order valence-electron chi connectivity index (χ3n) is 3.89. The minimum absolute atomic E-state index is 0.781. The number of rotatable bonds is 5. The van der Waals surface area contributed by atoms with Crippen molar-refractivity contribution < 1.29 is 4.74 Å². The van der Waals surface area contributed by atoms with Crippen molar-refractivity contribution >= 4 is 0 Å². The Morgan fingerprint density at radius 1 is 1.00 bits per heavy atom. The van der Waals surface area contributed by atoms with Crippen LogP contribution in [-0.4, -0.2) is 6.61 Å². The van der Waals surface area contributed by atoms with Gasteiger partial charge >= 0.3 is 0 Å². The molecule has 1 aliphatic carbocycles. The van der Waals surface area contributed by atoms with Gasteiger partial charge in [-0.05, 0) is 36.8 Å². The molecule has 1 saturated carbocycles. The molecular weight excluding hydrogens is 208 g/mol. The summed E-state index contributed by atoms with van der Waals surface area (Å²) in [7, 11) is 0. The summed E-state index contributed by atoms with van der Waals surface area (Å²) in [6, 6.07) is 10.2. The van der Waals surface area contributed by atoms with Crippen molar-refractivity contribution in [3.05, 3.63) is 30.3 Å². The Morgan fingerprint density at radius 2 is 1.65 bits per heavy atom. The normalized spacial score (nSPS) is 24.5. The van der Waals surface area contributed by atoms with Gasteiger partial charge in [0.2, 0.25) is 0 Å². The van der Waals surface area contributed by atoms with E-state index < -0.39 is 0 Å². The molecule has 1 aromatic rings. The maximum Gasteiger partial charge on any atom is 0.119 e. The van der Waals surface area contributed by atoms with Crippen LogP contribution in [0.15, 0.2) is 30.3 Å². The highest BCUT2D eigenvalue weighted by Gasteiger charge is 2.20. The van der Waals surface area contributed by atoms with E-state index in [2.05, 4.69) is 6.92 Å². The third kappa shape index (κ3) is 4.07. The van der Waals surface area contributed by atoms with E-state index in [4.69, 9.17) is 4.74 Å². The first-order valence-corrected chi connectivity index (χ1v) is 7.06. The second-order valence-corrected chi connectivity index (χ2v) is 5.30. The van der Waals surface area contributed by atoms with Crippen LogP contribution in [0, 0.1) is 11.8 Å². The summed E-state index contributed by atoms with van der Waals surface area (Å²) < 4.78 is 5.84. The van der Waals surface area contributed by atoms with Crippen LogP contribution >= 0.6 is 0 Å². The summed E-state index contributed by atoms with van der Waals surface area (Å²) in [5.41, 5.74) is 0. The van der Waals surface area contributed by atoms with Gasteiger partial charge in [-0.15, -0.1) is 0 Å². The van der Waals surface area contributed by atoms with Gasteiger partial charge in [0.15, 0.2) is 0 Å². The Morgan fingerprint density at radius 3 is 2.29 bits per heavy atom. The molecule has 0 bridgehead atoms. The zero-order valence-corrected chi connectivity index (χ0v) is 10.9. The zero-order valence-electron chi connectivity index (χ0n) is 10.9. The lowest BCUT2D eigenvalue weighted by atomic mass is 9.80. The van der Waals surface area contributed by atoms with Gasteiger partial charge < -0.3 is 4.74 Å². The molecule has 1 nitrogen and oxygen atoms in total. The van der Waals surface area contributed by atoms with Crippen molar-refractivity contribution in [2.75, 3.05) is 6.61 Å². The zero-order chi connectivity index (χ0) is 11.9. The highest BCUT2D eigenvalue weighted by Crippen LogP contribution is 2.31. The Labute approximate surface area is 105 Å². The van der Waals surface area contributed by atoms with Crippen LogP contribution in [0.5, 0.6) is 5.75 Å². The molecule has 1 heteroatoms. The van der Waals surface area contributed by atoms with E-state index in [-0.39, 0.29) is 0 Å². The topological polar surface area (TPSA) is 9.23 Å². The number of ether oxygens (including phenoxy) is 1. The number of benzene rings is 1. The van der Waals surface area contributed by atoms with Crippen LogP contribution in [0.2, 0.25) is 0 Å². The quantitative estimate of drug-likeness (QED) is 0.716. The summed E-state index contributed by atoms with van der Waals surface area (Å²) in [5, 5.41) is 0. The molecule has 0 unspecified atom stereocenters. The molecule has 0 N–H and O–H groups in total. The van der Waals surface area contributed by atoms with Crippen molar-refractivity contribution in [2.45, 2.75) is 45.4 Å². The first-order chi connectivity index (χ1) is 8.38. The fourth-order valence-corrected chi connectivity index (χ4v) is 2.83.